The van der Waals surface area contributed by atoms with Gasteiger partial charge in [0, 0.05) is 43.6 Å². The molecule has 1 atom stereocenters. The van der Waals surface area contributed by atoms with Crippen molar-refractivity contribution >= 4 is 55.2 Å². The van der Waals surface area contributed by atoms with Gasteiger partial charge >= 0.3 is 0 Å². The summed E-state index contributed by atoms with van der Waals surface area (Å²) < 4.78 is 50.8. The lowest BCUT2D eigenvalue weighted by Gasteiger charge is -2.28. The Bertz CT molecular complexity index is 2040. The van der Waals surface area contributed by atoms with Crippen LogP contribution in [0.25, 0.3) is 21.8 Å². The zero-order valence-electron chi connectivity index (χ0n) is 26.3. The molecule has 1 unspecified atom stereocenters. The molecule has 248 valence electrons. The van der Waals surface area contributed by atoms with Gasteiger partial charge in [0.25, 0.3) is 0 Å². The topological polar surface area (TPSA) is 108 Å². The summed E-state index contributed by atoms with van der Waals surface area (Å²) in [6, 6.07) is 14.3. The van der Waals surface area contributed by atoms with E-state index in [4.69, 9.17) is 14.7 Å². The lowest BCUT2D eigenvalue weighted by molar-refractivity contribution is 0.122. The summed E-state index contributed by atoms with van der Waals surface area (Å²) in [5, 5.41) is 4.20. The van der Waals surface area contributed by atoms with Crippen molar-refractivity contribution in [1.29, 1.82) is 0 Å². The number of hydrogen-bond donors (Lipinski definition) is 2. The Balaban J connectivity index is 1.20. The summed E-state index contributed by atoms with van der Waals surface area (Å²) in [4.78, 5) is 23.8. The number of aryl methyl sites for hydroxylation is 1. The van der Waals surface area contributed by atoms with Gasteiger partial charge in [-0.2, -0.15) is 0 Å². The summed E-state index contributed by atoms with van der Waals surface area (Å²) in [6.07, 6.45) is 5.68. The average Bonchev–Trinajstić information content (AvgIpc) is 3.77. The van der Waals surface area contributed by atoms with Gasteiger partial charge in [0.2, 0.25) is 5.95 Å². The Morgan fingerprint density at radius 3 is 2.44 bits per heavy atom. The van der Waals surface area contributed by atoms with Crippen LogP contribution in [0.2, 0.25) is 0 Å². The highest BCUT2D eigenvalue weighted by atomic mass is 32.2. The van der Waals surface area contributed by atoms with E-state index in [1.807, 2.05) is 25.1 Å². The van der Waals surface area contributed by atoms with E-state index in [-0.39, 0.29) is 0 Å². The minimum absolute atomic E-state index is 0.380. The van der Waals surface area contributed by atoms with Crippen LogP contribution in [0.5, 0.6) is 0 Å². The highest BCUT2D eigenvalue weighted by molar-refractivity contribution is 8.01. The second kappa shape index (κ2) is 13.5. The Labute approximate surface area is 282 Å². The number of thiazole rings is 1. The number of hydrogen-bond acceptors (Lipinski definition) is 10. The number of anilines is 5. The fraction of sp³-hybridized carbons (Fsp3) is 0.265. The SMILES string of the molecule is C=S(=O)(Nc1cccc(-c2nc(N3CCCC3)sc2-c2ccnc(Nc3cnc(N4CCOCC4)cc3C)n2)c1)c1c(F)cccc1F. The van der Waals surface area contributed by atoms with Crippen LogP contribution >= 0.6 is 11.3 Å². The molecule has 2 fully saturated rings. The second-order valence-corrected chi connectivity index (χ2v) is 14.6. The van der Waals surface area contributed by atoms with Crippen molar-refractivity contribution in [2.24, 2.45) is 0 Å². The molecule has 0 bridgehead atoms. The average molecular weight is 689 g/mol. The number of aromatic nitrogens is 4. The molecule has 0 saturated carbocycles. The third-order valence-electron chi connectivity index (χ3n) is 8.23. The van der Waals surface area contributed by atoms with E-state index < -0.39 is 26.2 Å². The first kappa shape index (κ1) is 31.9. The molecule has 10 nitrogen and oxygen atoms in total. The smallest absolute Gasteiger partial charge is 0.227 e. The van der Waals surface area contributed by atoms with Gasteiger partial charge in [-0.15, -0.1) is 0 Å². The molecule has 2 aromatic carbocycles. The fourth-order valence-corrected chi connectivity index (χ4v) is 8.28. The first-order valence-electron chi connectivity index (χ1n) is 15.6. The highest BCUT2D eigenvalue weighted by Crippen LogP contribution is 2.41. The molecular weight excluding hydrogens is 655 g/mol. The third kappa shape index (κ3) is 6.68. The van der Waals surface area contributed by atoms with Gasteiger partial charge in [0.15, 0.2) is 5.13 Å². The van der Waals surface area contributed by atoms with Crippen molar-refractivity contribution in [2.45, 2.75) is 24.7 Å². The van der Waals surface area contributed by atoms with Gasteiger partial charge in [-0.3, -0.25) is 0 Å². The highest BCUT2D eigenvalue weighted by Gasteiger charge is 2.24. The maximum absolute atomic E-state index is 14.5. The van der Waals surface area contributed by atoms with Crippen LogP contribution in [0.15, 0.2) is 71.9 Å². The Hall–Kier alpha value is -4.66. The maximum Gasteiger partial charge on any atom is 0.227 e. The van der Waals surface area contributed by atoms with Crippen molar-refractivity contribution in [3.8, 4) is 21.8 Å². The van der Waals surface area contributed by atoms with Gasteiger partial charge in [0.05, 0.1) is 51.1 Å². The second-order valence-electron chi connectivity index (χ2n) is 11.6. The van der Waals surface area contributed by atoms with E-state index in [1.165, 1.54) is 6.07 Å². The predicted octanol–water partition coefficient (Wildman–Crippen LogP) is 6.53. The minimum atomic E-state index is -3.56. The molecule has 2 saturated heterocycles. The Morgan fingerprint density at radius 2 is 1.69 bits per heavy atom. The van der Waals surface area contributed by atoms with E-state index >= 15 is 0 Å². The lowest BCUT2D eigenvalue weighted by atomic mass is 10.1. The van der Waals surface area contributed by atoms with Gasteiger partial charge < -0.3 is 24.6 Å². The normalized spacial score (nSPS) is 16.1. The number of benzene rings is 2. The fourth-order valence-electron chi connectivity index (χ4n) is 5.79. The van der Waals surface area contributed by atoms with Crippen molar-refractivity contribution < 1.29 is 17.7 Å². The number of ether oxygens (including phenoxy) is 1. The van der Waals surface area contributed by atoms with Crippen LogP contribution in [-0.2, 0) is 14.4 Å². The molecule has 5 aromatic rings. The van der Waals surface area contributed by atoms with Crippen LogP contribution in [0.4, 0.5) is 37.1 Å². The molecule has 2 aliphatic heterocycles. The number of morpholine rings is 1. The maximum atomic E-state index is 14.5. The van der Waals surface area contributed by atoms with E-state index in [0.717, 1.165) is 78.2 Å². The first-order chi connectivity index (χ1) is 23.2. The van der Waals surface area contributed by atoms with Gasteiger partial charge in [-0.1, -0.05) is 29.5 Å². The monoisotopic (exact) mass is 688 g/mol. The summed E-state index contributed by atoms with van der Waals surface area (Å²) in [5.74, 6) is 3.11. The van der Waals surface area contributed by atoms with Crippen LogP contribution in [0.3, 0.4) is 0 Å². The zero-order chi connectivity index (χ0) is 33.3. The molecule has 2 aliphatic rings. The van der Waals surface area contributed by atoms with Gasteiger partial charge in [-0.25, -0.2) is 32.9 Å². The molecular formula is C34H34F2N8O2S2. The van der Waals surface area contributed by atoms with E-state index in [2.05, 4.69) is 35.7 Å². The van der Waals surface area contributed by atoms with Crippen LogP contribution < -0.4 is 19.8 Å². The third-order valence-corrected chi connectivity index (χ3v) is 11.0. The number of nitrogens with one attached hydrogen (secondary N) is 2. The predicted molar refractivity (Wildman–Crippen MR) is 189 cm³/mol. The Kier molecular flexibility index (Phi) is 8.94. The van der Waals surface area contributed by atoms with Gasteiger partial charge in [-0.05, 0) is 67.6 Å². The van der Waals surface area contributed by atoms with E-state index in [0.29, 0.717) is 41.8 Å². The molecule has 5 heterocycles. The summed E-state index contributed by atoms with van der Waals surface area (Å²) >= 11 is 1.54. The van der Waals surface area contributed by atoms with Crippen LogP contribution in [-0.4, -0.2) is 69.4 Å². The Morgan fingerprint density at radius 1 is 0.938 bits per heavy atom. The molecule has 0 radical (unpaired) electrons. The molecule has 0 spiro atoms. The lowest BCUT2D eigenvalue weighted by Crippen LogP contribution is -2.36. The molecule has 14 heteroatoms. The number of nitrogens with zero attached hydrogens (tertiary/aromatic N) is 6. The number of halogens is 2. The molecule has 7 rings (SSSR count). The summed E-state index contributed by atoms with van der Waals surface area (Å²) in [7, 11) is -3.56. The molecule has 0 amide bonds. The molecule has 2 N–H and O–H groups in total. The van der Waals surface area contributed by atoms with E-state index in [9.17, 15) is 13.0 Å². The number of rotatable bonds is 9. The van der Waals surface area contributed by atoms with Crippen molar-refractivity contribution in [3.63, 3.8) is 0 Å². The summed E-state index contributed by atoms with van der Waals surface area (Å²) in [5.41, 5.74) is 4.26. The molecule has 48 heavy (non-hydrogen) atoms. The van der Waals surface area contributed by atoms with Gasteiger partial charge in [0.1, 0.15) is 22.3 Å². The largest absolute Gasteiger partial charge is 0.378 e. The quantitative estimate of drug-likeness (QED) is 0.167. The standard InChI is InChI=1S/C34H34F2N8O2S2/c1-22-19-29(43-15-17-46-18-16-43)38-21-28(22)40-33-37-12-11-27(39-33)31-30(41-34(47-31)44-13-3-4-14-44)23-7-5-8-24(20-23)42-48(2,45)32-25(35)9-6-10-26(32)36/h5-12,19-21H,2-4,13-18H2,1H3,(H,42,45)(H,37,39,40). The molecule has 0 aliphatic carbocycles. The van der Waals surface area contributed by atoms with Crippen LogP contribution in [0.1, 0.15) is 18.4 Å². The minimum Gasteiger partial charge on any atom is -0.378 e. The number of pyridine rings is 1. The molecule has 3 aromatic heterocycles. The van der Waals surface area contributed by atoms with E-state index in [1.54, 1.807) is 41.9 Å². The van der Waals surface area contributed by atoms with Crippen molar-refractivity contribution in [2.75, 3.05) is 59.2 Å². The van der Waals surface area contributed by atoms with Crippen LogP contribution in [0, 0.1) is 18.6 Å². The van der Waals surface area contributed by atoms with Crippen molar-refractivity contribution in [1.82, 2.24) is 19.9 Å². The summed E-state index contributed by atoms with van der Waals surface area (Å²) in [6.45, 7) is 6.82. The van der Waals surface area contributed by atoms with Crippen molar-refractivity contribution in [3.05, 3.63) is 84.2 Å². The first-order valence-corrected chi connectivity index (χ1v) is 18.1. The zero-order valence-corrected chi connectivity index (χ0v) is 27.9.